The van der Waals surface area contributed by atoms with Crippen molar-refractivity contribution in [1.82, 2.24) is 0 Å². The summed E-state index contributed by atoms with van der Waals surface area (Å²) in [6, 6.07) is 0. The van der Waals surface area contributed by atoms with Crippen molar-refractivity contribution < 1.29 is 4.79 Å². The molecule has 0 aliphatic carbocycles. The molecule has 1 heteroatoms. The van der Waals surface area contributed by atoms with Crippen molar-refractivity contribution in [1.29, 1.82) is 0 Å². The Bertz CT molecular complexity index is 163. The smallest absolute Gasteiger partial charge is 0.132 e. The first-order chi connectivity index (χ1) is 6.52. The van der Waals surface area contributed by atoms with E-state index in [0.717, 1.165) is 18.3 Å². The molecule has 0 radical (unpaired) electrons. The molecule has 3 atom stereocenters. The molecule has 0 aliphatic rings. The molecule has 0 rings (SSSR count). The summed E-state index contributed by atoms with van der Waals surface area (Å²) >= 11 is 0. The predicted octanol–water partition coefficient (Wildman–Crippen LogP) is 4.06. The van der Waals surface area contributed by atoms with Crippen LogP contribution in [0.15, 0.2) is 0 Å². The van der Waals surface area contributed by atoms with Crippen molar-refractivity contribution in [3.05, 3.63) is 0 Å². The van der Waals surface area contributed by atoms with Gasteiger partial charge in [-0.1, -0.05) is 47.0 Å². The molecule has 84 valence electrons. The van der Waals surface area contributed by atoms with Crippen LogP contribution in [0.1, 0.15) is 60.3 Å². The first kappa shape index (κ1) is 13.7. The molecule has 0 aromatic rings. The van der Waals surface area contributed by atoms with Gasteiger partial charge in [-0.3, -0.25) is 4.79 Å². The molecular formula is C13H26O. The molecule has 0 aliphatic heterocycles. The molecule has 0 fully saturated rings. The van der Waals surface area contributed by atoms with Crippen molar-refractivity contribution >= 4 is 5.78 Å². The highest BCUT2D eigenvalue weighted by Gasteiger charge is 2.19. The van der Waals surface area contributed by atoms with Crippen LogP contribution in [-0.2, 0) is 4.79 Å². The molecule has 0 spiro atoms. The molecule has 0 aromatic carbocycles. The fourth-order valence-corrected chi connectivity index (χ4v) is 2.11. The van der Waals surface area contributed by atoms with E-state index in [1.165, 1.54) is 19.3 Å². The quantitative estimate of drug-likeness (QED) is 0.603. The van der Waals surface area contributed by atoms with Crippen LogP contribution in [0.4, 0.5) is 0 Å². The number of ketones is 1. The van der Waals surface area contributed by atoms with Crippen molar-refractivity contribution in [2.45, 2.75) is 60.3 Å². The van der Waals surface area contributed by atoms with E-state index >= 15 is 0 Å². The van der Waals surface area contributed by atoms with Gasteiger partial charge in [0, 0.05) is 5.92 Å². The van der Waals surface area contributed by atoms with Crippen LogP contribution in [0.2, 0.25) is 0 Å². The average molecular weight is 198 g/mol. The van der Waals surface area contributed by atoms with Crippen molar-refractivity contribution in [3.63, 3.8) is 0 Å². The highest BCUT2D eigenvalue weighted by Crippen LogP contribution is 2.27. The zero-order valence-electron chi connectivity index (χ0n) is 10.5. The maximum atomic E-state index is 11.2. The Kier molecular flexibility index (Phi) is 6.86. The van der Waals surface area contributed by atoms with Crippen LogP contribution < -0.4 is 0 Å². The maximum Gasteiger partial charge on any atom is 0.132 e. The van der Waals surface area contributed by atoms with Gasteiger partial charge in [0.15, 0.2) is 0 Å². The second kappa shape index (κ2) is 7.03. The van der Waals surface area contributed by atoms with Gasteiger partial charge in [0.25, 0.3) is 0 Å². The summed E-state index contributed by atoms with van der Waals surface area (Å²) in [5.41, 5.74) is 0. The molecule has 2 unspecified atom stereocenters. The molecular weight excluding hydrogens is 172 g/mol. The fraction of sp³-hybridized carbons (Fsp3) is 0.923. The van der Waals surface area contributed by atoms with Crippen LogP contribution in [0.3, 0.4) is 0 Å². The average Bonchev–Trinajstić information content (AvgIpc) is 2.13. The standard InChI is InChI=1S/C13H26O/c1-6-8-10(3)13(7-2)9-11(4)12(5)14/h10-11,13H,6-9H2,1-5H3/t10?,11?,13-/m0/s1. The molecule has 14 heavy (non-hydrogen) atoms. The van der Waals surface area contributed by atoms with Gasteiger partial charge in [-0.15, -0.1) is 0 Å². The molecule has 0 bridgehead atoms. The lowest BCUT2D eigenvalue weighted by Gasteiger charge is -2.24. The number of carbonyl (C=O) groups is 1. The Labute approximate surface area is 89.3 Å². The van der Waals surface area contributed by atoms with Gasteiger partial charge in [0.2, 0.25) is 0 Å². The van der Waals surface area contributed by atoms with Gasteiger partial charge in [0.05, 0.1) is 0 Å². The Hall–Kier alpha value is -0.330. The lowest BCUT2D eigenvalue weighted by Crippen LogP contribution is -2.18. The molecule has 0 N–H and O–H groups in total. The van der Waals surface area contributed by atoms with E-state index in [4.69, 9.17) is 0 Å². The predicted molar refractivity (Wildman–Crippen MR) is 62.3 cm³/mol. The molecule has 1 nitrogen and oxygen atoms in total. The van der Waals surface area contributed by atoms with E-state index in [1.54, 1.807) is 6.92 Å². The largest absolute Gasteiger partial charge is 0.300 e. The van der Waals surface area contributed by atoms with Crippen LogP contribution >= 0.6 is 0 Å². The van der Waals surface area contributed by atoms with Crippen molar-refractivity contribution in [3.8, 4) is 0 Å². The summed E-state index contributed by atoms with van der Waals surface area (Å²) in [6.07, 6.45) is 4.83. The third-order valence-corrected chi connectivity index (χ3v) is 3.42. The minimum absolute atomic E-state index is 0.249. The third kappa shape index (κ3) is 4.78. The lowest BCUT2D eigenvalue weighted by molar-refractivity contribution is -0.120. The highest BCUT2D eigenvalue weighted by atomic mass is 16.1. The Morgan fingerprint density at radius 3 is 2.14 bits per heavy atom. The molecule has 0 amide bonds. The lowest BCUT2D eigenvalue weighted by atomic mass is 9.81. The first-order valence-electron chi connectivity index (χ1n) is 6.03. The fourth-order valence-electron chi connectivity index (χ4n) is 2.11. The summed E-state index contributed by atoms with van der Waals surface area (Å²) in [6.45, 7) is 10.6. The first-order valence-corrected chi connectivity index (χ1v) is 6.03. The van der Waals surface area contributed by atoms with Gasteiger partial charge >= 0.3 is 0 Å². The Morgan fingerprint density at radius 1 is 1.21 bits per heavy atom. The number of hydrogen-bond donors (Lipinski definition) is 0. The minimum Gasteiger partial charge on any atom is -0.300 e. The Balaban J connectivity index is 4.07. The number of Topliss-reactive ketones (excluding diaryl/α,β-unsaturated/α-hetero) is 1. The molecule has 0 aromatic heterocycles. The topological polar surface area (TPSA) is 17.1 Å². The molecule has 0 saturated carbocycles. The third-order valence-electron chi connectivity index (χ3n) is 3.42. The van der Waals surface area contributed by atoms with Crippen LogP contribution in [-0.4, -0.2) is 5.78 Å². The monoisotopic (exact) mass is 198 g/mol. The highest BCUT2D eigenvalue weighted by molar-refractivity contribution is 5.77. The van der Waals surface area contributed by atoms with E-state index in [2.05, 4.69) is 27.7 Å². The van der Waals surface area contributed by atoms with E-state index in [9.17, 15) is 4.79 Å². The van der Waals surface area contributed by atoms with E-state index in [-0.39, 0.29) is 5.92 Å². The summed E-state index contributed by atoms with van der Waals surface area (Å²) in [5, 5.41) is 0. The summed E-state index contributed by atoms with van der Waals surface area (Å²) in [4.78, 5) is 11.2. The van der Waals surface area contributed by atoms with Gasteiger partial charge in [-0.05, 0) is 25.2 Å². The summed E-state index contributed by atoms with van der Waals surface area (Å²) in [7, 11) is 0. The maximum absolute atomic E-state index is 11.2. The zero-order valence-corrected chi connectivity index (χ0v) is 10.5. The molecule has 0 heterocycles. The van der Waals surface area contributed by atoms with Crippen molar-refractivity contribution in [2.75, 3.05) is 0 Å². The van der Waals surface area contributed by atoms with Gasteiger partial charge in [-0.2, -0.15) is 0 Å². The van der Waals surface area contributed by atoms with Gasteiger partial charge in [0.1, 0.15) is 5.78 Å². The number of carbonyl (C=O) groups excluding carboxylic acids is 1. The zero-order chi connectivity index (χ0) is 11.1. The summed E-state index contributed by atoms with van der Waals surface area (Å²) < 4.78 is 0. The normalized spacial score (nSPS) is 17.5. The second-order valence-corrected chi connectivity index (χ2v) is 4.68. The second-order valence-electron chi connectivity index (χ2n) is 4.68. The van der Waals surface area contributed by atoms with E-state index < -0.39 is 0 Å². The Morgan fingerprint density at radius 2 is 1.79 bits per heavy atom. The van der Waals surface area contributed by atoms with Crippen LogP contribution in [0.25, 0.3) is 0 Å². The van der Waals surface area contributed by atoms with E-state index in [0.29, 0.717) is 5.78 Å². The van der Waals surface area contributed by atoms with Crippen molar-refractivity contribution in [2.24, 2.45) is 17.8 Å². The summed E-state index contributed by atoms with van der Waals surface area (Å²) in [5.74, 6) is 2.09. The van der Waals surface area contributed by atoms with Crippen LogP contribution in [0, 0.1) is 17.8 Å². The minimum atomic E-state index is 0.249. The number of rotatable bonds is 7. The number of hydrogen-bond acceptors (Lipinski definition) is 1. The van der Waals surface area contributed by atoms with Crippen LogP contribution in [0.5, 0.6) is 0 Å². The van der Waals surface area contributed by atoms with Gasteiger partial charge in [-0.25, -0.2) is 0 Å². The SMILES string of the molecule is CCCC(C)[C@@H](CC)CC(C)C(C)=O. The van der Waals surface area contributed by atoms with Gasteiger partial charge < -0.3 is 0 Å². The van der Waals surface area contributed by atoms with E-state index in [1.807, 2.05) is 0 Å². The molecule has 0 saturated heterocycles.